The van der Waals surface area contributed by atoms with Gasteiger partial charge in [-0.05, 0) is 43.3 Å². The Labute approximate surface area is 123 Å². The number of aryl methyl sites for hydroxylation is 1. The van der Waals surface area contributed by atoms with Gasteiger partial charge < -0.3 is 10.2 Å². The Morgan fingerprint density at radius 3 is 2.53 bits per heavy atom. The predicted octanol–water partition coefficient (Wildman–Crippen LogP) is 4.24. The fraction of sp³-hybridized carbons (Fsp3) is 0.250. The second kappa shape index (κ2) is 6.22. The maximum Gasteiger partial charge on any atom is 0.0437 e. The number of halogens is 1. The van der Waals surface area contributed by atoms with Gasteiger partial charge in [-0.1, -0.05) is 40.2 Å². The number of hydrogen-bond acceptors (Lipinski definition) is 2. The molecule has 1 N–H and O–H groups in total. The normalized spacial score (nSPS) is 10.5. The Morgan fingerprint density at radius 1 is 1.16 bits per heavy atom. The highest BCUT2D eigenvalue weighted by Gasteiger charge is 2.08. The van der Waals surface area contributed by atoms with Gasteiger partial charge in [0.1, 0.15) is 0 Å². The van der Waals surface area contributed by atoms with E-state index in [1.165, 1.54) is 22.5 Å². The lowest BCUT2D eigenvalue weighted by Gasteiger charge is -2.22. The molecular weight excluding hydrogens is 300 g/mol. The van der Waals surface area contributed by atoms with Crippen molar-refractivity contribution in [1.29, 1.82) is 0 Å². The van der Waals surface area contributed by atoms with Gasteiger partial charge in [-0.25, -0.2) is 0 Å². The molecule has 0 spiro atoms. The fourth-order valence-electron chi connectivity index (χ4n) is 2.16. The topological polar surface area (TPSA) is 15.3 Å². The van der Waals surface area contributed by atoms with Crippen LogP contribution < -0.4 is 10.2 Å². The highest BCUT2D eigenvalue weighted by Crippen LogP contribution is 2.30. The fourth-order valence-corrected chi connectivity index (χ4v) is 2.66. The number of benzene rings is 2. The Morgan fingerprint density at radius 2 is 1.89 bits per heavy atom. The van der Waals surface area contributed by atoms with Crippen LogP contribution in [0.4, 0.5) is 11.4 Å². The molecule has 0 aliphatic carbocycles. The molecule has 0 heterocycles. The molecule has 0 unspecified atom stereocenters. The molecular formula is C16H19BrN2. The van der Waals surface area contributed by atoms with Crippen molar-refractivity contribution in [3.8, 4) is 0 Å². The molecule has 0 amide bonds. The molecule has 100 valence electrons. The Kier molecular flexibility index (Phi) is 4.61. The van der Waals surface area contributed by atoms with Gasteiger partial charge in [0.2, 0.25) is 0 Å². The van der Waals surface area contributed by atoms with E-state index < -0.39 is 0 Å². The summed E-state index contributed by atoms with van der Waals surface area (Å²) in [5, 5.41) is 3.17. The Balaban J connectivity index is 2.32. The van der Waals surface area contributed by atoms with Crippen molar-refractivity contribution in [3.63, 3.8) is 0 Å². The zero-order valence-electron chi connectivity index (χ0n) is 11.6. The summed E-state index contributed by atoms with van der Waals surface area (Å²) < 4.78 is 1.14. The van der Waals surface area contributed by atoms with Crippen LogP contribution >= 0.6 is 15.9 Å². The van der Waals surface area contributed by atoms with Gasteiger partial charge in [0, 0.05) is 29.4 Å². The van der Waals surface area contributed by atoms with Crippen molar-refractivity contribution in [2.75, 3.05) is 19.0 Å². The first-order chi connectivity index (χ1) is 9.13. The summed E-state index contributed by atoms with van der Waals surface area (Å²) in [4.78, 5) is 2.21. The number of para-hydroxylation sites is 1. The third kappa shape index (κ3) is 3.17. The van der Waals surface area contributed by atoms with Crippen molar-refractivity contribution >= 4 is 27.3 Å². The van der Waals surface area contributed by atoms with Crippen LogP contribution in [0.25, 0.3) is 0 Å². The van der Waals surface area contributed by atoms with E-state index in [0.29, 0.717) is 0 Å². The molecule has 0 aliphatic rings. The van der Waals surface area contributed by atoms with Gasteiger partial charge in [0.25, 0.3) is 0 Å². The molecule has 0 fully saturated rings. The Hall–Kier alpha value is -1.32. The summed E-state index contributed by atoms with van der Waals surface area (Å²) in [5.74, 6) is 0. The summed E-state index contributed by atoms with van der Waals surface area (Å²) in [6.45, 7) is 3.01. The molecule has 0 saturated carbocycles. The van der Waals surface area contributed by atoms with Crippen molar-refractivity contribution in [1.82, 2.24) is 5.32 Å². The van der Waals surface area contributed by atoms with Gasteiger partial charge in [0.05, 0.1) is 0 Å². The van der Waals surface area contributed by atoms with Crippen LogP contribution in [0.2, 0.25) is 0 Å². The summed E-state index contributed by atoms with van der Waals surface area (Å²) in [7, 11) is 4.06. The monoisotopic (exact) mass is 318 g/mol. The lowest BCUT2D eigenvalue weighted by molar-refractivity contribution is 0.814. The van der Waals surface area contributed by atoms with Crippen molar-refractivity contribution < 1.29 is 0 Å². The number of nitrogens with zero attached hydrogens (tertiary/aromatic N) is 1. The molecule has 2 nitrogen and oxygen atoms in total. The standard InChI is InChI=1S/C16H19BrN2/c1-12-6-4-5-7-16(12)19(3)14-9-8-13(11-18-2)15(17)10-14/h4-10,18H,11H2,1-3H3. The number of hydrogen-bond donors (Lipinski definition) is 1. The Bertz CT molecular complexity index is 566. The molecule has 2 rings (SSSR count). The molecule has 0 bridgehead atoms. The van der Waals surface area contributed by atoms with Gasteiger partial charge in [-0.3, -0.25) is 0 Å². The number of rotatable bonds is 4. The van der Waals surface area contributed by atoms with E-state index in [9.17, 15) is 0 Å². The summed E-state index contributed by atoms with van der Waals surface area (Å²) in [6, 6.07) is 14.9. The van der Waals surface area contributed by atoms with E-state index >= 15 is 0 Å². The van der Waals surface area contributed by atoms with Crippen LogP contribution in [-0.2, 0) is 6.54 Å². The van der Waals surface area contributed by atoms with Crippen LogP contribution in [0.3, 0.4) is 0 Å². The quantitative estimate of drug-likeness (QED) is 0.906. The van der Waals surface area contributed by atoms with E-state index in [0.717, 1.165) is 11.0 Å². The summed E-state index contributed by atoms with van der Waals surface area (Å²) in [6.07, 6.45) is 0. The van der Waals surface area contributed by atoms with Crippen molar-refractivity contribution in [2.45, 2.75) is 13.5 Å². The minimum Gasteiger partial charge on any atom is -0.344 e. The molecule has 0 saturated heterocycles. The first kappa shape index (κ1) is 14.1. The second-order valence-corrected chi connectivity index (χ2v) is 5.51. The first-order valence-corrected chi connectivity index (χ1v) is 7.15. The summed E-state index contributed by atoms with van der Waals surface area (Å²) in [5.41, 5.74) is 4.96. The molecule has 0 aliphatic heterocycles. The largest absolute Gasteiger partial charge is 0.344 e. The zero-order chi connectivity index (χ0) is 13.8. The van der Waals surface area contributed by atoms with Gasteiger partial charge in [-0.15, -0.1) is 0 Å². The van der Waals surface area contributed by atoms with Gasteiger partial charge in [-0.2, -0.15) is 0 Å². The van der Waals surface area contributed by atoms with E-state index in [-0.39, 0.29) is 0 Å². The van der Waals surface area contributed by atoms with Gasteiger partial charge in [0.15, 0.2) is 0 Å². The maximum atomic E-state index is 3.64. The van der Waals surface area contributed by atoms with E-state index in [4.69, 9.17) is 0 Å². The maximum absolute atomic E-state index is 3.64. The van der Waals surface area contributed by atoms with E-state index in [2.05, 4.69) is 82.6 Å². The molecule has 3 heteroatoms. The van der Waals surface area contributed by atoms with Crippen LogP contribution in [0, 0.1) is 6.92 Å². The van der Waals surface area contributed by atoms with Crippen LogP contribution in [0.1, 0.15) is 11.1 Å². The second-order valence-electron chi connectivity index (χ2n) is 4.65. The van der Waals surface area contributed by atoms with Crippen LogP contribution in [0.5, 0.6) is 0 Å². The van der Waals surface area contributed by atoms with E-state index in [1.807, 2.05) is 7.05 Å². The average Bonchev–Trinajstić information content (AvgIpc) is 2.41. The molecule has 2 aromatic carbocycles. The van der Waals surface area contributed by atoms with Crippen LogP contribution in [-0.4, -0.2) is 14.1 Å². The van der Waals surface area contributed by atoms with Crippen molar-refractivity contribution in [2.24, 2.45) is 0 Å². The third-order valence-electron chi connectivity index (χ3n) is 3.27. The minimum absolute atomic E-state index is 0.870. The lowest BCUT2D eigenvalue weighted by Crippen LogP contribution is -2.11. The number of anilines is 2. The first-order valence-electron chi connectivity index (χ1n) is 6.36. The van der Waals surface area contributed by atoms with Gasteiger partial charge >= 0.3 is 0 Å². The average molecular weight is 319 g/mol. The van der Waals surface area contributed by atoms with Crippen molar-refractivity contribution in [3.05, 3.63) is 58.1 Å². The smallest absolute Gasteiger partial charge is 0.0437 e. The molecule has 2 aromatic rings. The van der Waals surface area contributed by atoms with E-state index in [1.54, 1.807) is 0 Å². The predicted molar refractivity (Wildman–Crippen MR) is 86.1 cm³/mol. The van der Waals surface area contributed by atoms with Crippen LogP contribution in [0.15, 0.2) is 46.9 Å². The lowest BCUT2D eigenvalue weighted by atomic mass is 10.1. The highest BCUT2D eigenvalue weighted by molar-refractivity contribution is 9.10. The molecule has 19 heavy (non-hydrogen) atoms. The third-order valence-corrected chi connectivity index (χ3v) is 4.01. The SMILES string of the molecule is CNCc1ccc(N(C)c2ccccc2C)cc1Br. The minimum atomic E-state index is 0.870. The molecule has 0 aromatic heterocycles. The summed E-state index contributed by atoms with van der Waals surface area (Å²) >= 11 is 3.64. The molecule has 0 atom stereocenters. The zero-order valence-corrected chi connectivity index (χ0v) is 13.2. The highest BCUT2D eigenvalue weighted by atomic mass is 79.9. The molecule has 0 radical (unpaired) electrons. The number of nitrogens with one attached hydrogen (secondary N) is 1.